The highest BCUT2D eigenvalue weighted by molar-refractivity contribution is 6.02. The molecule has 1 N–H and O–H groups in total. The number of hydrogen-bond donors (Lipinski definition) is 1. The molecule has 3 aromatic carbocycles. The normalized spacial score (nSPS) is 11.8. The zero-order valence-corrected chi connectivity index (χ0v) is 13.7. The van der Waals surface area contributed by atoms with Crippen molar-refractivity contribution in [1.29, 1.82) is 0 Å². The number of benzene rings is 3. The van der Waals surface area contributed by atoms with Crippen molar-refractivity contribution in [3.8, 4) is 5.75 Å². The first-order valence-corrected chi connectivity index (χ1v) is 7.98. The second-order valence-corrected chi connectivity index (χ2v) is 5.74. The zero-order valence-electron chi connectivity index (χ0n) is 13.7. The van der Waals surface area contributed by atoms with E-state index in [1.807, 2.05) is 0 Å². The van der Waals surface area contributed by atoms with E-state index < -0.39 is 23.5 Å². The molecule has 5 heteroatoms. The minimum absolute atomic E-state index is 0.111. The maximum Gasteiger partial charge on any atom is 0.199 e. The maximum atomic E-state index is 13.3. The Balaban J connectivity index is 1.80. The number of aliphatic hydroxyl groups is 1. The molecule has 0 amide bonds. The van der Waals surface area contributed by atoms with Crippen LogP contribution in [0, 0.1) is 11.6 Å². The van der Waals surface area contributed by atoms with Gasteiger partial charge >= 0.3 is 0 Å². The van der Waals surface area contributed by atoms with Crippen LogP contribution >= 0.6 is 0 Å². The highest BCUT2D eigenvalue weighted by Gasteiger charge is 2.22. The monoisotopic (exact) mass is 354 g/mol. The lowest BCUT2D eigenvalue weighted by Gasteiger charge is -2.14. The molecule has 1 atom stereocenters. The minimum atomic E-state index is -1.33. The number of Topliss-reactive ketones (excluding diaryl/α,β-unsaturated/α-hetero) is 1. The van der Waals surface area contributed by atoms with E-state index in [9.17, 15) is 18.7 Å². The van der Waals surface area contributed by atoms with Gasteiger partial charge in [0, 0.05) is 6.07 Å². The molecule has 0 heterocycles. The molecule has 0 saturated carbocycles. The molecule has 3 aromatic rings. The van der Waals surface area contributed by atoms with Gasteiger partial charge in [0.15, 0.2) is 5.78 Å². The van der Waals surface area contributed by atoms with Crippen LogP contribution in [0.3, 0.4) is 0 Å². The van der Waals surface area contributed by atoms with Crippen molar-refractivity contribution in [3.05, 3.63) is 101 Å². The third kappa shape index (κ3) is 4.13. The highest BCUT2D eigenvalue weighted by atomic mass is 19.1. The van der Waals surface area contributed by atoms with E-state index in [0.717, 1.165) is 18.2 Å². The van der Waals surface area contributed by atoms with Crippen molar-refractivity contribution in [3.63, 3.8) is 0 Å². The van der Waals surface area contributed by atoms with Gasteiger partial charge in [0.1, 0.15) is 30.1 Å². The minimum Gasteiger partial charge on any atom is -0.488 e. The second kappa shape index (κ2) is 7.89. The molecule has 3 nitrogen and oxygen atoms in total. The Morgan fingerprint density at radius 2 is 1.54 bits per heavy atom. The van der Waals surface area contributed by atoms with Gasteiger partial charge in [-0.1, -0.05) is 42.5 Å². The largest absolute Gasteiger partial charge is 0.488 e. The van der Waals surface area contributed by atoms with E-state index in [-0.39, 0.29) is 17.9 Å². The van der Waals surface area contributed by atoms with Crippen molar-refractivity contribution < 1.29 is 23.4 Å². The lowest BCUT2D eigenvalue weighted by Crippen LogP contribution is -2.13. The van der Waals surface area contributed by atoms with Gasteiger partial charge in [-0.05, 0) is 35.4 Å². The molecule has 0 aliphatic heterocycles. The van der Waals surface area contributed by atoms with Crippen molar-refractivity contribution in [2.75, 3.05) is 0 Å². The van der Waals surface area contributed by atoms with Crippen LogP contribution in [0.15, 0.2) is 72.8 Å². The summed E-state index contributed by atoms with van der Waals surface area (Å²) in [6.07, 6.45) is -1.33. The second-order valence-electron chi connectivity index (χ2n) is 5.74. The first kappa shape index (κ1) is 17.8. The summed E-state index contributed by atoms with van der Waals surface area (Å²) in [5, 5.41) is 10.3. The summed E-state index contributed by atoms with van der Waals surface area (Å²) in [5.74, 6) is -1.69. The molecular formula is C21H16F2O3. The predicted octanol–water partition coefficient (Wildman–Crippen LogP) is 4.46. The SMILES string of the molecule is O=C(c1ccccc1OCc1cc(F)cc(F)c1)C(O)c1ccccc1. The lowest BCUT2D eigenvalue weighted by molar-refractivity contribution is 0.0743. The van der Waals surface area contributed by atoms with E-state index in [0.29, 0.717) is 11.1 Å². The summed E-state index contributed by atoms with van der Waals surface area (Å²) < 4.78 is 32.1. The fraction of sp³-hybridized carbons (Fsp3) is 0.0952. The zero-order chi connectivity index (χ0) is 18.5. The average Bonchev–Trinajstić information content (AvgIpc) is 2.65. The van der Waals surface area contributed by atoms with Gasteiger partial charge in [0.05, 0.1) is 5.56 Å². The molecular weight excluding hydrogens is 338 g/mol. The predicted molar refractivity (Wildman–Crippen MR) is 92.9 cm³/mol. The average molecular weight is 354 g/mol. The van der Waals surface area contributed by atoms with E-state index in [1.165, 1.54) is 6.07 Å². The fourth-order valence-electron chi connectivity index (χ4n) is 2.59. The van der Waals surface area contributed by atoms with Crippen molar-refractivity contribution >= 4 is 5.78 Å². The molecule has 0 saturated heterocycles. The number of ether oxygens (including phenoxy) is 1. The quantitative estimate of drug-likeness (QED) is 0.665. The van der Waals surface area contributed by atoms with Crippen LogP contribution in [0.2, 0.25) is 0 Å². The standard InChI is InChI=1S/C21H16F2O3/c22-16-10-14(11-17(23)12-16)13-26-19-9-5-4-8-18(19)21(25)20(24)15-6-2-1-3-7-15/h1-12,20,24H,13H2. The Labute approximate surface area is 149 Å². The van der Waals surface area contributed by atoms with Crippen LogP contribution < -0.4 is 4.74 Å². The summed E-state index contributed by atoms with van der Waals surface area (Å²) in [6.45, 7) is -0.111. The van der Waals surface area contributed by atoms with E-state index >= 15 is 0 Å². The Morgan fingerprint density at radius 3 is 2.23 bits per heavy atom. The molecule has 0 bridgehead atoms. The Hall–Kier alpha value is -3.05. The lowest BCUT2D eigenvalue weighted by atomic mass is 9.99. The van der Waals surface area contributed by atoms with Crippen molar-refractivity contribution in [2.24, 2.45) is 0 Å². The molecule has 0 aliphatic carbocycles. The molecule has 1 unspecified atom stereocenters. The van der Waals surface area contributed by atoms with Crippen LogP contribution in [-0.4, -0.2) is 10.9 Å². The van der Waals surface area contributed by atoms with E-state index in [4.69, 9.17) is 4.74 Å². The van der Waals surface area contributed by atoms with Gasteiger partial charge < -0.3 is 9.84 Å². The number of halogens is 2. The summed E-state index contributed by atoms with van der Waals surface area (Å²) in [6, 6.07) is 18.1. The molecule has 0 aromatic heterocycles. The molecule has 132 valence electrons. The van der Waals surface area contributed by atoms with Crippen LogP contribution in [0.5, 0.6) is 5.75 Å². The first-order chi connectivity index (χ1) is 12.5. The molecule has 0 fully saturated rings. The Bertz CT molecular complexity index is 890. The van der Waals surface area contributed by atoms with Crippen LogP contribution in [-0.2, 0) is 6.61 Å². The molecule has 26 heavy (non-hydrogen) atoms. The topological polar surface area (TPSA) is 46.5 Å². The summed E-state index contributed by atoms with van der Waals surface area (Å²) in [5.41, 5.74) is 0.966. The van der Waals surface area contributed by atoms with E-state index in [2.05, 4.69) is 0 Å². The smallest absolute Gasteiger partial charge is 0.199 e. The molecule has 0 aliphatic rings. The highest BCUT2D eigenvalue weighted by Crippen LogP contribution is 2.26. The maximum absolute atomic E-state index is 13.3. The summed E-state index contributed by atoms with van der Waals surface area (Å²) in [7, 11) is 0. The van der Waals surface area contributed by atoms with Gasteiger partial charge in [0.25, 0.3) is 0 Å². The van der Waals surface area contributed by atoms with E-state index in [1.54, 1.807) is 48.5 Å². The van der Waals surface area contributed by atoms with Crippen molar-refractivity contribution in [1.82, 2.24) is 0 Å². The molecule has 3 rings (SSSR count). The first-order valence-electron chi connectivity index (χ1n) is 7.98. The molecule has 0 radical (unpaired) electrons. The fourth-order valence-corrected chi connectivity index (χ4v) is 2.59. The number of aliphatic hydroxyl groups excluding tert-OH is 1. The number of rotatable bonds is 6. The third-order valence-electron chi connectivity index (χ3n) is 3.83. The Kier molecular flexibility index (Phi) is 5.39. The van der Waals surface area contributed by atoms with Crippen LogP contribution in [0.25, 0.3) is 0 Å². The van der Waals surface area contributed by atoms with Gasteiger partial charge in [-0.2, -0.15) is 0 Å². The van der Waals surface area contributed by atoms with Crippen LogP contribution in [0.1, 0.15) is 27.6 Å². The third-order valence-corrected chi connectivity index (χ3v) is 3.83. The number of carbonyl (C=O) groups excluding carboxylic acids is 1. The Morgan fingerprint density at radius 1 is 0.923 bits per heavy atom. The van der Waals surface area contributed by atoms with Gasteiger partial charge in [0.2, 0.25) is 0 Å². The number of hydrogen-bond acceptors (Lipinski definition) is 3. The summed E-state index contributed by atoms with van der Waals surface area (Å²) in [4.78, 5) is 12.6. The number of carbonyl (C=O) groups is 1. The van der Waals surface area contributed by atoms with Gasteiger partial charge in [-0.15, -0.1) is 0 Å². The van der Waals surface area contributed by atoms with Gasteiger partial charge in [-0.25, -0.2) is 8.78 Å². The van der Waals surface area contributed by atoms with Crippen LogP contribution in [0.4, 0.5) is 8.78 Å². The summed E-state index contributed by atoms with van der Waals surface area (Å²) >= 11 is 0. The van der Waals surface area contributed by atoms with Gasteiger partial charge in [-0.3, -0.25) is 4.79 Å². The number of ketones is 1. The molecule has 0 spiro atoms. The van der Waals surface area contributed by atoms with Crippen molar-refractivity contribution in [2.45, 2.75) is 12.7 Å². The number of para-hydroxylation sites is 1.